The van der Waals surface area contributed by atoms with Crippen LogP contribution >= 0.6 is 0 Å². The van der Waals surface area contributed by atoms with Crippen LogP contribution in [0.1, 0.15) is 12.5 Å². The first-order valence-corrected chi connectivity index (χ1v) is 4.92. The van der Waals surface area contributed by atoms with Crippen LogP contribution in [0.5, 0.6) is 5.75 Å². The van der Waals surface area contributed by atoms with E-state index in [0.717, 1.165) is 0 Å². The van der Waals surface area contributed by atoms with E-state index in [-0.39, 0.29) is 6.61 Å². The number of ether oxygens (including phenoxy) is 2. The van der Waals surface area contributed by atoms with Crippen LogP contribution in [-0.4, -0.2) is 31.9 Å². The smallest absolute Gasteiger partial charge is 0.318 e. The fraction of sp³-hybridized carbons (Fsp3) is 0.417. The number of rotatable bonds is 4. The molecule has 1 rings (SSSR count). The topological polar surface area (TPSA) is 55.8 Å². The summed E-state index contributed by atoms with van der Waals surface area (Å²) in [7, 11) is 2.88. The van der Waals surface area contributed by atoms with Gasteiger partial charge in [0, 0.05) is 0 Å². The van der Waals surface area contributed by atoms with Crippen molar-refractivity contribution in [3.8, 4) is 5.75 Å². The molecule has 1 aromatic rings. The van der Waals surface area contributed by atoms with Gasteiger partial charge < -0.3 is 14.6 Å². The number of aliphatic hydroxyl groups excluding tert-OH is 1. The summed E-state index contributed by atoms with van der Waals surface area (Å²) in [4.78, 5) is 11.6. The minimum Gasteiger partial charge on any atom is -0.497 e. The Kier molecular flexibility index (Phi) is 3.90. The van der Waals surface area contributed by atoms with Crippen molar-refractivity contribution in [3.63, 3.8) is 0 Å². The van der Waals surface area contributed by atoms with Crippen LogP contribution in [0.3, 0.4) is 0 Å². The van der Waals surface area contributed by atoms with E-state index in [1.165, 1.54) is 7.11 Å². The highest BCUT2D eigenvalue weighted by Crippen LogP contribution is 2.26. The lowest BCUT2D eigenvalue weighted by Crippen LogP contribution is -2.37. The first-order valence-electron chi connectivity index (χ1n) is 4.92. The molecule has 0 aliphatic carbocycles. The summed E-state index contributed by atoms with van der Waals surface area (Å²) in [5.41, 5.74) is -0.330. The summed E-state index contributed by atoms with van der Waals surface area (Å²) < 4.78 is 9.71. The van der Waals surface area contributed by atoms with Gasteiger partial charge in [-0.3, -0.25) is 4.79 Å². The first kappa shape index (κ1) is 12.5. The molecule has 1 aromatic carbocycles. The monoisotopic (exact) mass is 224 g/mol. The molecule has 0 saturated carbocycles. The maximum Gasteiger partial charge on any atom is 0.318 e. The number of carbonyl (C=O) groups excluding carboxylic acids is 1. The lowest BCUT2D eigenvalue weighted by molar-refractivity contribution is -0.148. The Morgan fingerprint density at radius 1 is 1.31 bits per heavy atom. The zero-order valence-corrected chi connectivity index (χ0v) is 9.69. The van der Waals surface area contributed by atoms with Crippen molar-refractivity contribution in [3.05, 3.63) is 29.8 Å². The molecule has 1 atom stereocenters. The molecular formula is C12H16O4. The van der Waals surface area contributed by atoms with Crippen molar-refractivity contribution in [2.75, 3.05) is 20.8 Å². The zero-order valence-electron chi connectivity index (χ0n) is 9.69. The fourth-order valence-electron chi connectivity index (χ4n) is 1.46. The van der Waals surface area contributed by atoms with E-state index in [9.17, 15) is 9.90 Å². The maximum absolute atomic E-state index is 11.6. The van der Waals surface area contributed by atoms with Crippen LogP contribution in [0.4, 0.5) is 0 Å². The van der Waals surface area contributed by atoms with E-state index in [0.29, 0.717) is 11.3 Å². The Bertz CT molecular complexity index is 358. The highest BCUT2D eigenvalue weighted by molar-refractivity contribution is 5.82. The van der Waals surface area contributed by atoms with Crippen molar-refractivity contribution in [1.82, 2.24) is 0 Å². The fourth-order valence-corrected chi connectivity index (χ4v) is 1.46. The molecule has 0 fully saturated rings. The van der Waals surface area contributed by atoms with E-state index in [1.54, 1.807) is 38.3 Å². The maximum atomic E-state index is 11.6. The number of aliphatic hydroxyl groups is 1. The predicted molar refractivity (Wildman–Crippen MR) is 59.4 cm³/mol. The van der Waals surface area contributed by atoms with Crippen molar-refractivity contribution in [2.45, 2.75) is 12.3 Å². The molecule has 88 valence electrons. The van der Waals surface area contributed by atoms with Crippen LogP contribution in [0.15, 0.2) is 24.3 Å². The van der Waals surface area contributed by atoms with Crippen LogP contribution in [0.25, 0.3) is 0 Å². The molecule has 0 aliphatic rings. The van der Waals surface area contributed by atoms with Gasteiger partial charge >= 0.3 is 5.97 Å². The highest BCUT2D eigenvalue weighted by Gasteiger charge is 2.35. The predicted octanol–water partition coefficient (Wildman–Crippen LogP) is 1.12. The molecule has 0 unspecified atom stereocenters. The largest absolute Gasteiger partial charge is 0.497 e. The molecule has 0 bridgehead atoms. The third kappa shape index (κ3) is 2.17. The Morgan fingerprint density at radius 2 is 1.88 bits per heavy atom. The van der Waals surface area contributed by atoms with Gasteiger partial charge in [0.1, 0.15) is 11.2 Å². The molecule has 4 nitrogen and oxygen atoms in total. The standard InChI is InChI=1S/C12H16O4/c1-12(8-13,11(14)16-3)9-4-6-10(15-2)7-5-9/h4-7,13H,8H2,1-3H3/t12-/m0/s1. The van der Waals surface area contributed by atoms with Crippen LogP contribution in [0.2, 0.25) is 0 Å². The molecule has 0 heterocycles. The van der Waals surface area contributed by atoms with E-state index in [4.69, 9.17) is 4.74 Å². The second-order valence-electron chi connectivity index (χ2n) is 3.71. The van der Waals surface area contributed by atoms with Gasteiger partial charge in [0.2, 0.25) is 0 Å². The second kappa shape index (κ2) is 4.99. The Morgan fingerprint density at radius 3 is 2.25 bits per heavy atom. The SMILES string of the molecule is COC(=O)[C@@](C)(CO)c1ccc(OC)cc1. The number of carbonyl (C=O) groups is 1. The van der Waals surface area contributed by atoms with Crippen molar-refractivity contribution in [2.24, 2.45) is 0 Å². The summed E-state index contributed by atoms with van der Waals surface area (Å²) >= 11 is 0. The van der Waals surface area contributed by atoms with Crippen LogP contribution in [-0.2, 0) is 14.9 Å². The summed E-state index contributed by atoms with van der Waals surface area (Å²) in [6, 6.07) is 6.97. The summed E-state index contributed by atoms with van der Waals surface area (Å²) in [6.45, 7) is 1.34. The summed E-state index contributed by atoms with van der Waals surface area (Å²) in [5.74, 6) is 0.245. The van der Waals surface area contributed by atoms with E-state index in [2.05, 4.69) is 4.74 Å². The number of hydrogen-bond donors (Lipinski definition) is 1. The number of benzene rings is 1. The van der Waals surface area contributed by atoms with Gasteiger partial charge in [-0.15, -0.1) is 0 Å². The zero-order chi connectivity index (χ0) is 12.2. The normalized spacial score (nSPS) is 14.0. The lowest BCUT2D eigenvalue weighted by Gasteiger charge is -2.24. The Labute approximate surface area is 94.8 Å². The van der Waals surface area contributed by atoms with Crippen molar-refractivity contribution in [1.29, 1.82) is 0 Å². The van der Waals surface area contributed by atoms with Gasteiger partial charge in [-0.05, 0) is 24.6 Å². The summed E-state index contributed by atoms with van der Waals surface area (Å²) in [6.07, 6.45) is 0. The second-order valence-corrected chi connectivity index (χ2v) is 3.71. The van der Waals surface area contributed by atoms with Gasteiger partial charge in [0.05, 0.1) is 20.8 Å². The van der Waals surface area contributed by atoms with Gasteiger partial charge in [-0.2, -0.15) is 0 Å². The van der Waals surface area contributed by atoms with Gasteiger partial charge in [0.15, 0.2) is 0 Å². The van der Waals surface area contributed by atoms with Gasteiger partial charge in [0.25, 0.3) is 0 Å². The van der Waals surface area contributed by atoms with Gasteiger partial charge in [-0.25, -0.2) is 0 Å². The van der Waals surface area contributed by atoms with Crippen molar-refractivity contribution >= 4 is 5.97 Å². The third-order valence-corrected chi connectivity index (χ3v) is 2.68. The highest BCUT2D eigenvalue weighted by atomic mass is 16.5. The summed E-state index contributed by atoms with van der Waals surface area (Å²) in [5, 5.41) is 9.33. The average Bonchev–Trinajstić information content (AvgIpc) is 2.36. The number of methoxy groups -OCH3 is 2. The molecule has 1 N–H and O–H groups in total. The quantitative estimate of drug-likeness (QED) is 0.779. The molecule has 16 heavy (non-hydrogen) atoms. The third-order valence-electron chi connectivity index (χ3n) is 2.68. The minimum atomic E-state index is -1.03. The Balaban J connectivity index is 3.07. The molecule has 0 radical (unpaired) electrons. The van der Waals surface area contributed by atoms with Crippen molar-refractivity contribution < 1.29 is 19.4 Å². The van der Waals surface area contributed by atoms with E-state index >= 15 is 0 Å². The van der Waals surface area contributed by atoms with E-state index in [1.807, 2.05) is 0 Å². The molecule has 0 spiro atoms. The molecule has 0 aromatic heterocycles. The average molecular weight is 224 g/mol. The molecule has 0 aliphatic heterocycles. The van der Waals surface area contributed by atoms with Crippen LogP contribution in [0, 0.1) is 0 Å². The number of esters is 1. The molecular weight excluding hydrogens is 208 g/mol. The van der Waals surface area contributed by atoms with Crippen LogP contribution < -0.4 is 4.74 Å². The molecule has 0 saturated heterocycles. The molecule has 4 heteroatoms. The lowest BCUT2D eigenvalue weighted by atomic mass is 9.83. The minimum absolute atomic E-state index is 0.300. The first-order chi connectivity index (χ1) is 7.58. The van der Waals surface area contributed by atoms with Gasteiger partial charge in [-0.1, -0.05) is 12.1 Å². The van der Waals surface area contributed by atoms with E-state index < -0.39 is 11.4 Å². The Hall–Kier alpha value is -1.55. The number of hydrogen-bond acceptors (Lipinski definition) is 4. The molecule has 0 amide bonds.